The minimum atomic E-state index is 0.0682. The van der Waals surface area contributed by atoms with Gasteiger partial charge in [0.15, 0.2) is 5.78 Å². The van der Waals surface area contributed by atoms with Crippen LogP contribution in [0.4, 0.5) is 0 Å². The molecule has 0 N–H and O–H groups in total. The van der Waals surface area contributed by atoms with Crippen molar-refractivity contribution in [3.63, 3.8) is 0 Å². The van der Waals surface area contributed by atoms with E-state index in [1.165, 1.54) is 11.8 Å². The number of hydrogen-bond donors (Lipinski definition) is 0. The first-order valence-corrected chi connectivity index (χ1v) is 9.71. The molecule has 0 fully saturated rings. The second-order valence-corrected chi connectivity index (χ2v) is 7.24. The van der Waals surface area contributed by atoms with E-state index in [0.29, 0.717) is 16.5 Å². The van der Waals surface area contributed by atoms with Crippen LogP contribution in [0.15, 0.2) is 76.1 Å². The molecule has 25 heavy (non-hydrogen) atoms. The zero-order valence-corrected chi connectivity index (χ0v) is 14.8. The maximum Gasteiger partial charge on any atom is 0.213 e. The van der Waals surface area contributed by atoms with Crippen LogP contribution in [0.2, 0.25) is 0 Å². The number of rotatable bonds is 5. The number of nitrogens with zero attached hydrogens (tertiary/aromatic N) is 4. The Morgan fingerprint density at radius 2 is 1.76 bits per heavy atom. The summed E-state index contributed by atoms with van der Waals surface area (Å²) >= 11 is 2.96. The summed E-state index contributed by atoms with van der Waals surface area (Å²) in [5.41, 5.74) is 2.77. The molecule has 4 rings (SSSR count). The van der Waals surface area contributed by atoms with Crippen LogP contribution in [-0.2, 0) is 0 Å². The Kier molecular flexibility index (Phi) is 4.67. The Morgan fingerprint density at radius 3 is 2.52 bits per heavy atom. The summed E-state index contributed by atoms with van der Waals surface area (Å²) in [6, 6.07) is 19.3. The van der Waals surface area contributed by atoms with Crippen LogP contribution < -0.4 is 0 Å². The number of ketones is 1. The third-order valence-corrected chi connectivity index (χ3v) is 5.53. The van der Waals surface area contributed by atoms with Gasteiger partial charge >= 0.3 is 0 Å². The molecule has 0 saturated heterocycles. The minimum Gasteiger partial charge on any atom is -0.293 e. The minimum absolute atomic E-state index is 0.0682. The molecule has 0 radical (unpaired) electrons. The van der Waals surface area contributed by atoms with E-state index >= 15 is 0 Å². The fraction of sp³-hybridized carbons (Fsp3) is 0.111. The van der Waals surface area contributed by atoms with Crippen molar-refractivity contribution in [2.45, 2.75) is 10.3 Å². The maximum atomic E-state index is 12.3. The molecule has 2 aromatic carbocycles. The van der Waals surface area contributed by atoms with Crippen LogP contribution >= 0.6 is 23.5 Å². The van der Waals surface area contributed by atoms with E-state index in [0.717, 1.165) is 22.2 Å². The predicted molar refractivity (Wildman–Crippen MR) is 101 cm³/mol. The lowest BCUT2D eigenvalue weighted by molar-refractivity contribution is 0.102. The zero-order valence-electron chi connectivity index (χ0n) is 13.2. The number of benzene rings is 2. The summed E-state index contributed by atoms with van der Waals surface area (Å²) < 4.78 is 1.74. The average molecular weight is 366 g/mol. The Labute approximate surface area is 153 Å². The number of carbonyl (C=O) groups excluding carboxylic acids is 1. The molecular weight excluding hydrogens is 352 g/mol. The lowest BCUT2D eigenvalue weighted by Gasteiger charge is -2.13. The number of thioether (sulfide) groups is 2. The van der Waals surface area contributed by atoms with E-state index < -0.39 is 0 Å². The molecule has 2 heterocycles. The lowest BCUT2D eigenvalue weighted by atomic mass is 10.1. The van der Waals surface area contributed by atoms with Gasteiger partial charge in [-0.25, -0.2) is 0 Å². The molecule has 1 aromatic heterocycles. The third kappa shape index (κ3) is 3.52. The summed E-state index contributed by atoms with van der Waals surface area (Å²) in [6.45, 7) is 0. The number of fused-ring (bicyclic) bond motifs is 1. The smallest absolute Gasteiger partial charge is 0.213 e. The summed E-state index contributed by atoms with van der Waals surface area (Å²) in [6.07, 6.45) is 0. The lowest BCUT2D eigenvalue weighted by Crippen LogP contribution is -2.13. The molecule has 1 aliphatic rings. The van der Waals surface area contributed by atoms with Crippen molar-refractivity contribution >= 4 is 35.0 Å². The average Bonchev–Trinajstić information content (AvgIpc) is 3.10. The SMILES string of the molecule is O=C(CSc1nnc2n1N=C(c1ccccc1)CS2)c1ccccc1. The number of carbonyl (C=O) groups is 1. The largest absolute Gasteiger partial charge is 0.293 e. The van der Waals surface area contributed by atoms with Gasteiger partial charge in [0, 0.05) is 11.3 Å². The van der Waals surface area contributed by atoms with E-state index in [2.05, 4.69) is 15.3 Å². The van der Waals surface area contributed by atoms with Gasteiger partial charge in [-0.1, -0.05) is 84.2 Å². The fourth-order valence-electron chi connectivity index (χ4n) is 2.41. The van der Waals surface area contributed by atoms with Gasteiger partial charge in [0.2, 0.25) is 10.3 Å². The van der Waals surface area contributed by atoms with Crippen molar-refractivity contribution in [2.24, 2.45) is 5.10 Å². The Bertz CT molecular complexity index is 923. The van der Waals surface area contributed by atoms with Gasteiger partial charge in [0.05, 0.1) is 11.5 Å². The molecule has 5 nitrogen and oxygen atoms in total. The second kappa shape index (κ2) is 7.25. The van der Waals surface area contributed by atoms with E-state index in [9.17, 15) is 4.79 Å². The van der Waals surface area contributed by atoms with Crippen molar-refractivity contribution in [1.29, 1.82) is 0 Å². The van der Waals surface area contributed by atoms with Gasteiger partial charge in [-0.3, -0.25) is 4.79 Å². The molecule has 124 valence electrons. The molecule has 0 amide bonds. The maximum absolute atomic E-state index is 12.3. The van der Waals surface area contributed by atoms with Crippen LogP contribution in [-0.4, -0.2) is 37.9 Å². The van der Waals surface area contributed by atoms with Gasteiger partial charge in [-0.15, -0.1) is 10.2 Å². The van der Waals surface area contributed by atoms with Crippen LogP contribution in [0, 0.1) is 0 Å². The molecule has 7 heteroatoms. The number of Topliss-reactive ketones (excluding diaryl/α,β-unsaturated/α-hetero) is 1. The second-order valence-electron chi connectivity index (χ2n) is 5.36. The summed E-state index contributed by atoms with van der Waals surface area (Å²) in [4.78, 5) is 12.3. The summed E-state index contributed by atoms with van der Waals surface area (Å²) in [7, 11) is 0. The van der Waals surface area contributed by atoms with Crippen LogP contribution in [0.1, 0.15) is 15.9 Å². The van der Waals surface area contributed by atoms with E-state index in [1.54, 1.807) is 16.4 Å². The van der Waals surface area contributed by atoms with Gasteiger partial charge < -0.3 is 0 Å². The highest BCUT2D eigenvalue weighted by Crippen LogP contribution is 2.28. The highest BCUT2D eigenvalue weighted by atomic mass is 32.2. The number of hydrogen-bond acceptors (Lipinski definition) is 6. The van der Waals surface area contributed by atoms with Crippen molar-refractivity contribution in [2.75, 3.05) is 11.5 Å². The molecule has 0 spiro atoms. The number of aromatic nitrogens is 3. The molecule has 0 bridgehead atoms. The molecule has 0 atom stereocenters. The standard InChI is InChI=1S/C18H14N4OS2/c23-16(14-9-5-2-6-10-14)12-25-18-20-19-17-22(18)21-15(11-24-17)13-7-3-1-4-8-13/h1-10H,11-12H2. The van der Waals surface area contributed by atoms with Crippen LogP contribution in [0.3, 0.4) is 0 Å². The van der Waals surface area contributed by atoms with Gasteiger partial charge in [0.25, 0.3) is 0 Å². The van der Waals surface area contributed by atoms with Crippen molar-refractivity contribution in [3.05, 3.63) is 71.8 Å². The first-order chi connectivity index (χ1) is 12.3. The van der Waals surface area contributed by atoms with Crippen molar-refractivity contribution in [3.8, 4) is 0 Å². The molecular formula is C18H14N4OS2. The molecule has 0 saturated carbocycles. The molecule has 3 aromatic rings. The van der Waals surface area contributed by atoms with Gasteiger partial charge in [-0.05, 0) is 5.56 Å². The molecule has 1 aliphatic heterocycles. The monoisotopic (exact) mass is 366 g/mol. The fourth-order valence-corrected chi connectivity index (χ4v) is 4.08. The Hall–Kier alpha value is -2.38. The topological polar surface area (TPSA) is 60.1 Å². The Morgan fingerprint density at radius 1 is 1.04 bits per heavy atom. The predicted octanol–water partition coefficient (Wildman–Crippen LogP) is 3.61. The van der Waals surface area contributed by atoms with Gasteiger partial charge in [-0.2, -0.15) is 9.78 Å². The first-order valence-electron chi connectivity index (χ1n) is 7.74. The molecule has 0 aliphatic carbocycles. The third-order valence-electron chi connectivity index (χ3n) is 3.68. The Balaban J connectivity index is 1.53. The van der Waals surface area contributed by atoms with Gasteiger partial charge in [0.1, 0.15) is 0 Å². The van der Waals surface area contributed by atoms with E-state index in [1.807, 2.05) is 60.7 Å². The van der Waals surface area contributed by atoms with Crippen molar-refractivity contribution in [1.82, 2.24) is 14.9 Å². The van der Waals surface area contributed by atoms with Crippen LogP contribution in [0.5, 0.6) is 0 Å². The molecule has 0 unspecified atom stereocenters. The van der Waals surface area contributed by atoms with E-state index in [-0.39, 0.29) is 5.78 Å². The summed E-state index contributed by atoms with van der Waals surface area (Å²) in [5.74, 6) is 1.14. The van der Waals surface area contributed by atoms with Crippen LogP contribution in [0.25, 0.3) is 0 Å². The zero-order chi connectivity index (χ0) is 17.1. The highest BCUT2D eigenvalue weighted by Gasteiger charge is 2.20. The highest BCUT2D eigenvalue weighted by molar-refractivity contribution is 8.00. The first kappa shape index (κ1) is 16.1. The quantitative estimate of drug-likeness (QED) is 0.510. The summed E-state index contributed by atoms with van der Waals surface area (Å²) in [5, 5.41) is 14.4. The normalized spacial score (nSPS) is 13.2. The van der Waals surface area contributed by atoms with E-state index in [4.69, 9.17) is 0 Å². The van der Waals surface area contributed by atoms with Crippen molar-refractivity contribution < 1.29 is 4.79 Å².